The number of ether oxygens (including phenoxy) is 4. The fourth-order valence-corrected chi connectivity index (χ4v) is 4.23. The van der Waals surface area contributed by atoms with Crippen molar-refractivity contribution in [2.24, 2.45) is 0 Å². The Balaban J connectivity index is 1.55. The number of anilines is 4. The molecule has 5 rings (SSSR count). The van der Waals surface area contributed by atoms with E-state index >= 15 is 0 Å². The maximum Gasteiger partial charge on any atom is 0.278 e. The predicted molar refractivity (Wildman–Crippen MR) is 150 cm³/mol. The molecule has 0 saturated carbocycles. The second-order valence-corrected chi connectivity index (χ2v) is 9.19. The van der Waals surface area contributed by atoms with Gasteiger partial charge < -0.3 is 41.9 Å². The Kier molecular flexibility index (Phi) is 6.62. The van der Waals surface area contributed by atoms with E-state index in [0.717, 1.165) is 0 Å². The zero-order valence-corrected chi connectivity index (χ0v) is 20.7. The Morgan fingerprint density at radius 2 is 0.763 bits per heavy atom. The van der Waals surface area contributed by atoms with Gasteiger partial charge in [-0.3, -0.25) is 0 Å². The van der Waals surface area contributed by atoms with Gasteiger partial charge in [-0.05, 0) is 103 Å². The summed E-state index contributed by atoms with van der Waals surface area (Å²) < 4.78 is 26.1. The molecule has 0 aliphatic heterocycles. The molecule has 38 heavy (non-hydrogen) atoms. The van der Waals surface area contributed by atoms with Gasteiger partial charge >= 0.3 is 0 Å². The first-order valence-corrected chi connectivity index (χ1v) is 12.2. The molecule has 0 unspecified atom stereocenters. The van der Waals surface area contributed by atoms with Crippen molar-refractivity contribution < 1.29 is 18.9 Å². The molecule has 8 N–H and O–H groups in total. The van der Waals surface area contributed by atoms with Crippen LogP contribution in [0.5, 0.6) is 23.0 Å². The molecule has 8 nitrogen and oxygen atoms in total. The highest BCUT2D eigenvalue weighted by Crippen LogP contribution is 2.41. The quantitative estimate of drug-likeness (QED) is 0.141. The van der Waals surface area contributed by atoms with Crippen molar-refractivity contribution in [1.29, 1.82) is 0 Å². The number of hydrogen-bond donors (Lipinski definition) is 4. The van der Waals surface area contributed by atoms with E-state index in [9.17, 15) is 0 Å². The largest absolute Gasteiger partial charge is 0.452 e. The fraction of sp³-hybridized carbons (Fsp3) is 0.133. The lowest BCUT2D eigenvalue weighted by molar-refractivity contribution is -0.194. The molecular weight excluding hydrogens is 480 g/mol. The van der Waals surface area contributed by atoms with E-state index in [1.54, 1.807) is 97.1 Å². The minimum Gasteiger partial charge on any atom is -0.452 e. The summed E-state index contributed by atoms with van der Waals surface area (Å²) in [7, 11) is 0. The van der Waals surface area contributed by atoms with Crippen LogP contribution in [0.25, 0.3) is 0 Å². The molecule has 0 atom stereocenters. The van der Waals surface area contributed by atoms with Gasteiger partial charge in [-0.15, -0.1) is 0 Å². The van der Waals surface area contributed by atoms with Gasteiger partial charge in [0.25, 0.3) is 11.6 Å². The topological polar surface area (TPSA) is 141 Å². The van der Waals surface area contributed by atoms with Gasteiger partial charge in [-0.1, -0.05) is 6.08 Å². The maximum absolute atomic E-state index is 6.54. The number of rotatable bonds is 8. The van der Waals surface area contributed by atoms with E-state index in [0.29, 0.717) is 52.2 Å². The Bertz CT molecular complexity index is 1290. The third-order valence-corrected chi connectivity index (χ3v) is 6.03. The van der Waals surface area contributed by atoms with E-state index in [2.05, 4.69) is 0 Å². The van der Waals surface area contributed by atoms with Crippen LogP contribution in [0.4, 0.5) is 22.7 Å². The Morgan fingerprint density at radius 3 is 1.11 bits per heavy atom. The van der Waals surface area contributed by atoms with Crippen LogP contribution in [-0.4, -0.2) is 11.6 Å². The SMILES string of the molecule is Nc1ccc(OC2(Oc3ccc(N)cc3)C=CCC(Oc3ccc(N)cc3)(Oc3ccc(N)cc3)C2)cc1. The summed E-state index contributed by atoms with van der Waals surface area (Å²) in [6.45, 7) is 0. The lowest BCUT2D eigenvalue weighted by atomic mass is 9.94. The highest BCUT2D eigenvalue weighted by molar-refractivity contribution is 5.45. The highest BCUT2D eigenvalue weighted by Gasteiger charge is 2.50. The minimum atomic E-state index is -1.30. The first-order valence-electron chi connectivity index (χ1n) is 12.2. The molecule has 8 heteroatoms. The van der Waals surface area contributed by atoms with Gasteiger partial charge in [0.2, 0.25) is 0 Å². The van der Waals surface area contributed by atoms with Gasteiger partial charge in [0, 0.05) is 29.2 Å². The summed E-state index contributed by atoms with van der Waals surface area (Å²) >= 11 is 0. The molecule has 0 fully saturated rings. The molecule has 0 aromatic heterocycles. The minimum absolute atomic E-state index is 0.167. The standard InChI is InChI=1S/C30H30N4O4/c31-21-2-10-25(11-3-21)35-29(36-26-12-4-22(32)5-13-26)18-1-19-30(20-29,37-27-14-6-23(33)7-15-27)38-28-16-8-24(34)9-17-28/h1-18H,19-20,31-34H2. The second kappa shape index (κ2) is 10.2. The lowest BCUT2D eigenvalue weighted by Gasteiger charge is -2.43. The maximum atomic E-state index is 6.54. The fourth-order valence-electron chi connectivity index (χ4n) is 4.23. The van der Waals surface area contributed by atoms with Gasteiger partial charge in [-0.25, -0.2) is 0 Å². The molecule has 4 aromatic rings. The van der Waals surface area contributed by atoms with Crippen molar-refractivity contribution in [3.63, 3.8) is 0 Å². The van der Waals surface area contributed by atoms with Gasteiger partial charge in [0.1, 0.15) is 29.4 Å². The first-order chi connectivity index (χ1) is 18.3. The van der Waals surface area contributed by atoms with Crippen LogP contribution in [0.3, 0.4) is 0 Å². The molecule has 194 valence electrons. The van der Waals surface area contributed by atoms with Crippen molar-refractivity contribution in [2.45, 2.75) is 24.4 Å². The molecule has 0 spiro atoms. The van der Waals surface area contributed by atoms with Crippen LogP contribution < -0.4 is 41.9 Å². The van der Waals surface area contributed by atoms with Crippen molar-refractivity contribution in [3.8, 4) is 23.0 Å². The molecule has 0 bridgehead atoms. The summed E-state index contributed by atoms with van der Waals surface area (Å²) in [6.07, 6.45) is 4.38. The average molecular weight is 511 g/mol. The highest BCUT2D eigenvalue weighted by atomic mass is 16.7. The monoisotopic (exact) mass is 510 g/mol. The normalized spacial score (nSPS) is 15.4. The zero-order chi connectivity index (χ0) is 26.6. The molecule has 0 heterocycles. The summed E-state index contributed by atoms with van der Waals surface area (Å²) in [5, 5.41) is 0. The second-order valence-electron chi connectivity index (χ2n) is 9.19. The number of nitrogens with two attached hydrogens (primary N) is 4. The van der Waals surface area contributed by atoms with Gasteiger partial charge in [-0.2, -0.15) is 0 Å². The summed E-state index contributed by atoms with van der Waals surface area (Å²) in [5.41, 5.74) is 26.1. The average Bonchev–Trinajstić information content (AvgIpc) is 2.90. The van der Waals surface area contributed by atoms with Gasteiger partial charge in [0.05, 0.1) is 0 Å². The molecule has 0 saturated heterocycles. The van der Waals surface area contributed by atoms with E-state index in [1.807, 2.05) is 12.2 Å². The third-order valence-electron chi connectivity index (χ3n) is 6.03. The van der Waals surface area contributed by atoms with Crippen LogP contribution in [0, 0.1) is 0 Å². The van der Waals surface area contributed by atoms with Gasteiger partial charge in [0.15, 0.2) is 0 Å². The van der Waals surface area contributed by atoms with E-state index in [1.165, 1.54) is 0 Å². The predicted octanol–water partition coefficient (Wildman–Crippen LogP) is 5.37. The smallest absolute Gasteiger partial charge is 0.278 e. The molecule has 0 amide bonds. The first kappa shape index (κ1) is 24.7. The third kappa shape index (κ3) is 5.87. The summed E-state index contributed by atoms with van der Waals surface area (Å²) in [4.78, 5) is 0. The van der Waals surface area contributed by atoms with Crippen LogP contribution in [-0.2, 0) is 0 Å². The molecule has 4 aromatic carbocycles. The molecule has 1 aliphatic carbocycles. The molecule has 1 aliphatic rings. The molecular formula is C30H30N4O4. The summed E-state index contributed by atoms with van der Waals surface area (Å²) in [5.74, 6) is -0.211. The number of hydrogen-bond acceptors (Lipinski definition) is 8. The van der Waals surface area contributed by atoms with Crippen molar-refractivity contribution in [2.75, 3.05) is 22.9 Å². The van der Waals surface area contributed by atoms with E-state index in [4.69, 9.17) is 41.9 Å². The van der Waals surface area contributed by atoms with Crippen LogP contribution in [0.1, 0.15) is 12.8 Å². The Labute approximate surface area is 221 Å². The van der Waals surface area contributed by atoms with Crippen molar-refractivity contribution in [1.82, 2.24) is 0 Å². The Morgan fingerprint density at radius 1 is 0.447 bits per heavy atom. The van der Waals surface area contributed by atoms with Crippen molar-refractivity contribution >= 4 is 22.7 Å². The zero-order valence-electron chi connectivity index (χ0n) is 20.7. The van der Waals surface area contributed by atoms with Crippen LogP contribution in [0.2, 0.25) is 0 Å². The van der Waals surface area contributed by atoms with Crippen LogP contribution in [0.15, 0.2) is 109 Å². The lowest BCUT2D eigenvalue weighted by Crippen LogP contribution is -2.55. The van der Waals surface area contributed by atoms with E-state index < -0.39 is 11.6 Å². The molecule has 0 radical (unpaired) electrons. The Hall–Kier alpha value is -4.98. The summed E-state index contributed by atoms with van der Waals surface area (Å²) in [6, 6.07) is 28.5. The number of nitrogen functional groups attached to an aromatic ring is 4. The van der Waals surface area contributed by atoms with Crippen LogP contribution >= 0.6 is 0 Å². The number of benzene rings is 4. The van der Waals surface area contributed by atoms with E-state index in [-0.39, 0.29) is 6.42 Å². The van der Waals surface area contributed by atoms with Crippen molar-refractivity contribution in [3.05, 3.63) is 109 Å².